The number of sulfonamides is 1. The Bertz CT molecular complexity index is 1210. The predicted molar refractivity (Wildman–Crippen MR) is 127 cm³/mol. The normalized spacial score (nSPS) is 13.3. The van der Waals surface area contributed by atoms with Gasteiger partial charge in [0.25, 0.3) is 0 Å². The molecule has 0 amide bonds. The molecule has 0 spiro atoms. The number of nitrogens with zero attached hydrogens (tertiary/aromatic N) is 1. The van der Waals surface area contributed by atoms with E-state index in [9.17, 15) is 8.42 Å². The van der Waals surface area contributed by atoms with E-state index in [0.717, 1.165) is 16.7 Å². The van der Waals surface area contributed by atoms with E-state index in [1.165, 1.54) is 4.31 Å². The van der Waals surface area contributed by atoms with Gasteiger partial charge in [-0.15, -0.1) is 0 Å². The first-order chi connectivity index (χ1) is 14.9. The molecule has 2 aromatic carbocycles. The van der Waals surface area contributed by atoms with Crippen molar-refractivity contribution in [3.63, 3.8) is 0 Å². The minimum Gasteiger partial charge on any atom is -0.207 e. The Morgan fingerprint density at radius 3 is 2.19 bits per heavy atom. The molecule has 0 bridgehead atoms. The minimum absolute atomic E-state index is 0.0442. The molecular formula is C27H25NO2S. The van der Waals surface area contributed by atoms with Crippen LogP contribution >= 0.6 is 0 Å². The number of benzene rings is 2. The highest BCUT2D eigenvalue weighted by Gasteiger charge is 2.22. The lowest BCUT2D eigenvalue weighted by molar-refractivity contribution is 0.482. The highest BCUT2D eigenvalue weighted by atomic mass is 32.2. The summed E-state index contributed by atoms with van der Waals surface area (Å²) in [7, 11) is -3.71. The lowest BCUT2D eigenvalue weighted by Crippen LogP contribution is -2.32. The second-order valence-electron chi connectivity index (χ2n) is 7.26. The molecule has 0 fully saturated rings. The van der Waals surface area contributed by atoms with Crippen LogP contribution in [0.5, 0.6) is 0 Å². The maximum absolute atomic E-state index is 13.2. The van der Waals surface area contributed by atoms with Crippen LogP contribution in [0, 0.1) is 43.4 Å². The fourth-order valence-electron chi connectivity index (χ4n) is 2.95. The van der Waals surface area contributed by atoms with Gasteiger partial charge in [0.05, 0.1) is 23.9 Å². The summed E-state index contributed by atoms with van der Waals surface area (Å²) in [5.74, 6) is 12.2. The summed E-state index contributed by atoms with van der Waals surface area (Å²) < 4.78 is 27.8. The monoisotopic (exact) mass is 427 g/mol. The summed E-state index contributed by atoms with van der Waals surface area (Å²) in [5.41, 5.74) is 2.98. The average Bonchev–Trinajstić information content (AvgIpc) is 3.02. The first-order valence-corrected chi connectivity index (χ1v) is 11.5. The molecule has 31 heavy (non-hydrogen) atoms. The Kier molecular flexibility index (Phi) is 7.68. The van der Waals surface area contributed by atoms with Crippen LogP contribution in [0.2, 0.25) is 0 Å². The van der Waals surface area contributed by atoms with Crippen LogP contribution in [0.3, 0.4) is 0 Å². The summed E-state index contributed by atoms with van der Waals surface area (Å²) in [6, 6.07) is 14.7. The Balaban J connectivity index is 1.84. The van der Waals surface area contributed by atoms with E-state index in [1.807, 2.05) is 74.6 Å². The maximum atomic E-state index is 13.2. The molecule has 0 saturated heterocycles. The molecule has 0 unspecified atom stereocenters. The van der Waals surface area contributed by atoms with Crippen molar-refractivity contribution in [3.8, 4) is 23.7 Å². The molecule has 3 rings (SSSR count). The maximum Gasteiger partial charge on any atom is 0.244 e. The Morgan fingerprint density at radius 2 is 1.52 bits per heavy atom. The SMILES string of the molecule is Cc1ccc(S(=O)(=O)N(CC#Cc2cccc(C)c2)CC#CC2C=CC=CC=C2)cc1. The second-order valence-corrected chi connectivity index (χ2v) is 9.20. The molecule has 3 nitrogen and oxygen atoms in total. The van der Waals surface area contributed by atoms with E-state index in [4.69, 9.17) is 0 Å². The van der Waals surface area contributed by atoms with Gasteiger partial charge in [-0.05, 0) is 43.7 Å². The molecule has 0 atom stereocenters. The molecule has 0 saturated carbocycles. The number of aryl methyl sites for hydroxylation is 2. The van der Waals surface area contributed by atoms with Gasteiger partial charge in [-0.2, -0.15) is 4.31 Å². The summed E-state index contributed by atoms with van der Waals surface area (Å²) in [6.07, 6.45) is 11.7. The van der Waals surface area contributed by atoms with Crippen LogP contribution in [0.25, 0.3) is 0 Å². The van der Waals surface area contributed by atoms with Gasteiger partial charge in [0.1, 0.15) is 0 Å². The lowest BCUT2D eigenvalue weighted by Gasteiger charge is -2.17. The van der Waals surface area contributed by atoms with Crippen molar-refractivity contribution >= 4 is 10.0 Å². The van der Waals surface area contributed by atoms with Gasteiger partial charge in [0.15, 0.2) is 0 Å². The van der Waals surface area contributed by atoms with Crippen LogP contribution in [0.4, 0.5) is 0 Å². The van der Waals surface area contributed by atoms with Gasteiger partial charge in [-0.3, -0.25) is 0 Å². The molecule has 4 heteroatoms. The van der Waals surface area contributed by atoms with E-state index in [-0.39, 0.29) is 23.9 Å². The van der Waals surface area contributed by atoms with Crippen molar-refractivity contribution in [1.82, 2.24) is 4.31 Å². The van der Waals surface area contributed by atoms with Crippen LogP contribution in [0.15, 0.2) is 89.9 Å². The third kappa shape index (κ3) is 6.59. The number of hydrogen-bond donors (Lipinski definition) is 0. The summed E-state index contributed by atoms with van der Waals surface area (Å²) >= 11 is 0. The van der Waals surface area contributed by atoms with E-state index in [0.29, 0.717) is 0 Å². The molecular weight excluding hydrogens is 402 g/mol. The zero-order valence-electron chi connectivity index (χ0n) is 17.7. The smallest absolute Gasteiger partial charge is 0.207 e. The van der Waals surface area contributed by atoms with Crippen molar-refractivity contribution in [2.45, 2.75) is 18.7 Å². The molecule has 0 N–H and O–H groups in total. The standard InChI is InChI=1S/C27H25NO2S/c1-23-16-18-27(19-17-23)31(29,30)28(20-8-14-25-11-5-3-4-6-12-25)21-9-15-26-13-7-10-24(2)22-26/h3-7,10-13,16-19,22,25H,20-21H2,1-2H3. The van der Waals surface area contributed by atoms with Crippen LogP contribution in [-0.4, -0.2) is 25.8 Å². The largest absolute Gasteiger partial charge is 0.244 e. The Labute approximate surface area is 185 Å². The topological polar surface area (TPSA) is 37.4 Å². The highest BCUT2D eigenvalue weighted by molar-refractivity contribution is 7.89. The molecule has 156 valence electrons. The highest BCUT2D eigenvalue weighted by Crippen LogP contribution is 2.16. The quantitative estimate of drug-likeness (QED) is 0.666. The molecule has 2 aromatic rings. The average molecular weight is 428 g/mol. The molecule has 1 aliphatic carbocycles. The molecule has 0 heterocycles. The van der Waals surface area contributed by atoms with Crippen molar-refractivity contribution in [3.05, 3.63) is 102 Å². The third-order valence-corrected chi connectivity index (χ3v) is 6.47. The van der Waals surface area contributed by atoms with Gasteiger partial charge >= 0.3 is 0 Å². The molecule has 1 aliphatic rings. The van der Waals surface area contributed by atoms with Crippen molar-refractivity contribution in [1.29, 1.82) is 0 Å². The Hall–Kier alpha value is -3.31. The van der Waals surface area contributed by atoms with Gasteiger partial charge in [0.2, 0.25) is 10.0 Å². The predicted octanol–water partition coefficient (Wildman–Crippen LogP) is 4.65. The first-order valence-electron chi connectivity index (χ1n) is 10.1. The van der Waals surface area contributed by atoms with Crippen molar-refractivity contribution < 1.29 is 8.42 Å². The van der Waals surface area contributed by atoms with Gasteiger partial charge in [0, 0.05) is 5.56 Å². The van der Waals surface area contributed by atoms with Crippen molar-refractivity contribution in [2.75, 3.05) is 13.1 Å². The zero-order chi connectivity index (χ0) is 22.1. The first kappa shape index (κ1) is 22.4. The summed E-state index contributed by atoms with van der Waals surface area (Å²) in [4.78, 5) is 0.246. The van der Waals surface area contributed by atoms with E-state index in [2.05, 4.69) is 23.7 Å². The number of rotatable bonds is 4. The fraction of sp³-hybridized carbons (Fsp3) is 0.185. The molecule has 0 aliphatic heterocycles. The minimum atomic E-state index is -3.71. The fourth-order valence-corrected chi connectivity index (χ4v) is 4.19. The molecule has 0 aromatic heterocycles. The third-order valence-electron chi connectivity index (χ3n) is 4.66. The number of allylic oxidation sites excluding steroid dienone is 6. The van der Waals surface area contributed by atoms with Crippen molar-refractivity contribution in [2.24, 2.45) is 5.92 Å². The zero-order valence-corrected chi connectivity index (χ0v) is 18.6. The van der Waals surface area contributed by atoms with Crippen LogP contribution < -0.4 is 0 Å². The summed E-state index contributed by atoms with van der Waals surface area (Å²) in [6.45, 7) is 4.07. The van der Waals surface area contributed by atoms with Gasteiger partial charge in [-0.1, -0.05) is 90.0 Å². The van der Waals surface area contributed by atoms with Crippen LogP contribution in [0.1, 0.15) is 16.7 Å². The van der Waals surface area contributed by atoms with E-state index >= 15 is 0 Å². The molecule has 0 radical (unpaired) electrons. The van der Waals surface area contributed by atoms with Crippen LogP contribution in [-0.2, 0) is 10.0 Å². The van der Waals surface area contributed by atoms with Gasteiger partial charge < -0.3 is 0 Å². The lowest BCUT2D eigenvalue weighted by atomic mass is 10.1. The summed E-state index contributed by atoms with van der Waals surface area (Å²) in [5, 5.41) is 0. The second kappa shape index (κ2) is 10.6. The van der Waals surface area contributed by atoms with E-state index < -0.39 is 10.0 Å². The number of hydrogen-bond acceptors (Lipinski definition) is 2. The van der Waals surface area contributed by atoms with E-state index in [1.54, 1.807) is 24.3 Å². The van der Waals surface area contributed by atoms with Gasteiger partial charge in [-0.25, -0.2) is 8.42 Å². The Morgan fingerprint density at radius 1 is 0.839 bits per heavy atom.